The molecule has 0 saturated heterocycles. The van der Waals surface area contributed by atoms with E-state index in [1.54, 1.807) is 48.5 Å². The highest BCUT2D eigenvalue weighted by Gasteiger charge is 2.07. The van der Waals surface area contributed by atoms with E-state index in [-0.39, 0.29) is 12.3 Å². The molecule has 2 rings (SSSR count). The summed E-state index contributed by atoms with van der Waals surface area (Å²) in [7, 11) is 0. The molecule has 0 aliphatic heterocycles. The smallest absolute Gasteiger partial charge is 0.269 e. The van der Waals surface area contributed by atoms with Gasteiger partial charge in [0.25, 0.3) is 5.91 Å². The molecule has 0 saturated carbocycles. The predicted molar refractivity (Wildman–Crippen MR) is 82.2 cm³/mol. The Hall–Kier alpha value is -2.04. The molecule has 0 unspecified atom stereocenters. The van der Waals surface area contributed by atoms with Gasteiger partial charge in [-0.25, -0.2) is 0 Å². The van der Waals surface area contributed by atoms with Crippen molar-refractivity contribution in [3.8, 4) is 0 Å². The standard InChI is InChI=1S/C15H12Cl2N2O2/c16-12-5-1-10(2-6-12)9-14(20)18-19-15(21)11-3-7-13(17)8-4-11/h1-8H,9H2,(H,18,20)(H,19,21). The molecule has 2 aromatic rings. The molecule has 6 heteroatoms. The van der Waals surface area contributed by atoms with Crippen LogP contribution < -0.4 is 10.9 Å². The number of rotatable bonds is 3. The third-order valence-corrected chi connectivity index (χ3v) is 3.20. The SMILES string of the molecule is O=C(Cc1ccc(Cl)cc1)NNC(=O)c1ccc(Cl)cc1. The fraction of sp³-hybridized carbons (Fsp3) is 0.0667. The largest absolute Gasteiger partial charge is 0.273 e. The quantitative estimate of drug-likeness (QED) is 0.853. The van der Waals surface area contributed by atoms with Crippen LogP contribution in [0.4, 0.5) is 0 Å². The molecular weight excluding hydrogens is 311 g/mol. The lowest BCUT2D eigenvalue weighted by molar-refractivity contribution is -0.121. The third kappa shape index (κ3) is 4.77. The number of benzene rings is 2. The van der Waals surface area contributed by atoms with Crippen LogP contribution in [0.3, 0.4) is 0 Å². The lowest BCUT2D eigenvalue weighted by Gasteiger charge is -2.07. The molecule has 2 amide bonds. The van der Waals surface area contributed by atoms with E-state index in [4.69, 9.17) is 23.2 Å². The fourth-order valence-corrected chi connectivity index (χ4v) is 1.88. The van der Waals surface area contributed by atoms with Gasteiger partial charge in [0.1, 0.15) is 0 Å². The van der Waals surface area contributed by atoms with Gasteiger partial charge < -0.3 is 0 Å². The topological polar surface area (TPSA) is 58.2 Å². The van der Waals surface area contributed by atoms with E-state index in [1.807, 2.05) is 0 Å². The van der Waals surface area contributed by atoms with E-state index < -0.39 is 5.91 Å². The summed E-state index contributed by atoms with van der Waals surface area (Å²) in [6, 6.07) is 13.3. The normalized spacial score (nSPS) is 10.0. The Morgan fingerprint density at radius 3 is 1.90 bits per heavy atom. The Labute approximate surface area is 132 Å². The van der Waals surface area contributed by atoms with Gasteiger partial charge in [0.2, 0.25) is 5.91 Å². The molecular formula is C15H12Cl2N2O2. The summed E-state index contributed by atoms with van der Waals surface area (Å²) >= 11 is 11.5. The van der Waals surface area contributed by atoms with E-state index in [1.165, 1.54) is 0 Å². The van der Waals surface area contributed by atoms with E-state index in [0.29, 0.717) is 15.6 Å². The van der Waals surface area contributed by atoms with Crippen LogP contribution in [0.1, 0.15) is 15.9 Å². The number of amides is 2. The first-order valence-electron chi connectivity index (χ1n) is 6.14. The van der Waals surface area contributed by atoms with Crippen molar-refractivity contribution in [3.63, 3.8) is 0 Å². The second-order valence-corrected chi connectivity index (χ2v) is 5.19. The van der Waals surface area contributed by atoms with Crippen LogP contribution in [0.5, 0.6) is 0 Å². The van der Waals surface area contributed by atoms with Crippen LogP contribution in [0.25, 0.3) is 0 Å². The zero-order valence-electron chi connectivity index (χ0n) is 10.9. The van der Waals surface area contributed by atoms with Gasteiger partial charge in [0, 0.05) is 15.6 Å². The van der Waals surface area contributed by atoms with Crippen LogP contribution in [0, 0.1) is 0 Å². The van der Waals surface area contributed by atoms with Crippen molar-refractivity contribution in [2.24, 2.45) is 0 Å². The van der Waals surface area contributed by atoms with Gasteiger partial charge in [-0.1, -0.05) is 35.3 Å². The van der Waals surface area contributed by atoms with Crippen molar-refractivity contribution in [2.45, 2.75) is 6.42 Å². The summed E-state index contributed by atoms with van der Waals surface area (Å²) in [5, 5.41) is 1.15. The Morgan fingerprint density at radius 1 is 0.810 bits per heavy atom. The molecule has 4 nitrogen and oxygen atoms in total. The zero-order chi connectivity index (χ0) is 15.2. The van der Waals surface area contributed by atoms with Crippen molar-refractivity contribution < 1.29 is 9.59 Å². The Bertz CT molecular complexity index is 640. The van der Waals surface area contributed by atoms with Crippen molar-refractivity contribution in [3.05, 3.63) is 69.7 Å². The molecule has 21 heavy (non-hydrogen) atoms. The molecule has 0 fully saturated rings. The average molecular weight is 323 g/mol. The Balaban J connectivity index is 1.84. The second kappa shape index (κ2) is 7.11. The van der Waals surface area contributed by atoms with Crippen molar-refractivity contribution in [1.82, 2.24) is 10.9 Å². The third-order valence-electron chi connectivity index (χ3n) is 2.70. The molecule has 0 spiro atoms. The van der Waals surface area contributed by atoms with Crippen molar-refractivity contribution in [2.75, 3.05) is 0 Å². The first-order chi connectivity index (χ1) is 10.0. The second-order valence-electron chi connectivity index (χ2n) is 4.31. The molecule has 0 aromatic heterocycles. The Morgan fingerprint density at radius 2 is 1.33 bits per heavy atom. The van der Waals surface area contributed by atoms with Crippen LogP contribution in [0.2, 0.25) is 10.0 Å². The van der Waals surface area contributed by atoms with E-state index in [0.717, 1.165) is 5.56 Å². The number of carbonyl (C=O) groups is 2. The summed E-state index contributed by atoms with van der Waals surface area (Å²) in [5.74, 6) is -0.726. The Kier molecular flexibility index (Phi) is 5.20. The highest BCUT2D eigenvalue weighted by atomic mass is 35.5. The van der Waals surface area contributed by atoms with Gasteiger partial charge in [0.05, 0.1) is 6.42 Å². The highest BCUT2D eigenvalue weighted by molar-refractivity contribution is 6.30. The summed E-state index contributed by atoms with van der Waals surface area (Å²) < 4.78 is 0. The number of nitrogens with one attached hydrogen (secondary N) is 2. The molecule has 2 N–H and O–H groups in total. The van der Waals surface area contributed by atoms with Crippen molar-refractivity contribution >= 4 is 35.0 Å². The monoisotopic (exact) mass is 322 g/mol. The van der Waals surface area contributed by atoms with Gasteiger partial charge in [-0.3, -0.25) is 20.4 Å². The number of hydrogen-bond acceptors (Lipinski definition) is 2. The highest BCUT2D eigenvalue weighted by Crippen LogP contribution is 2.10. The lowest BCUT2D eigenvalue weighted by atomic mass is 10.1. The number of halogens is 2. The first-order valence-corrected chi connectivity index (χ1v) is 6.89. The van der Waals surface area contributed by atoms with Gasteiger partial charge in [-0.2, -0.15) is 0 Å². The van der Waals surface area contributed by atoms with Crippen LogP contribution in [-0.4, -0.2) is 11.8 Å². The molecule has 0 heterocycles. The number of hydrogen-bond donors (Lipinski definition) is 2. The van der Waals surface area contributed by atoms with Gasteiger partial charge >= 0.3 is 0 Å². The van der Waals surface area contributed by atoms with Crippen LogP contribution in [-0.2, 0) is 11.2 Å². The number of carbonyl (C=O) groups excluding carboxylic acids is 2. The van der Waals surface area contributed by atoms with Crippen LogP contribution >= 0.6 is 23.2 Å². The zero-order valence-corrected chi connectivity index (χ0v) is 12.4. The molecule has 0 bridgehead atoms. The van der Waals surface area contributed by atoms with E-state index in [2.05, 4.69) is 10.9 Å². The predicted octanol–water partition coefficient (Wildman–Crippen LogP) is 3.00. The minimum atomic E-state index is -0.406. The summed E-state index contributed by atoms with van der Waals surface area (Å²) in [5.41, 5.74) is 5.91. The molecule has 0 radical (unpaired) electrons. The van der Waals surface area contributed by atoms with Crippen molar-refractivity contribution in [1.29, 1.82) is 0 Å². The minimum Gasteiger partial charge on any atom is -0.273 e. The lowest BCUT2D eigenvalue weighted by Crippen LogP contribution is -2.42. The number of hydrazine groups is 1. The van der Waals surface area contributed by atoms with Gasteiger partial charge in [-0.05, 0) is 42.0 Å². The summed E-state index contributed by atoms with van der Waals surface area (Å²) in [4.78, 5) is 23.5. The first kappa shape index (κ1) is 15.4. The van der Waals surface area contributed by atoms with E-state index >= 15 is 0 Å². The molecule has 2 aromatic carbocycles. The average Bonchev–Trinajstić information content (AvgIpc) is 2.48. The maximum Gasteiger partial charge on any atom is 0.269 e. The maximum atomic E-state index is 11.8. The molecule has 108 valence electrons. The summed E-state index contributed by atoms with van der Waals surface area (Å²) in [6.45, 7) is 0. The summed E-state index contributed by atoms with van der Waals surface area (Å²) in [6.07, 6.45) is 0.151. The minimum absolute atomic E-state index is 0.151. The molecule has 0 atom stereocenters. The van der Waals surface area contributed by atoms with Crippen LogP contribution in [0.15, 0.2) is 48.5 Å². The maximum absolute atomic E-state index is 11.8. The van der Waals surface area contributed by atoms with E-state index in [9.17, 15) is 9.59 Å². The fourth-order valence-electron chi connectivity index (χ4n) is 1.63. The van der Waals surface area contributed by atoms with Gasteiger partial charge in [0.15, 0.2) is 0 Å². The molecule has 0 aliphatic carbocycles. The van der Waals surface area contributed by atoms with Gasteiger partial charge in [-0.15, -0.1) is 0 Å². The molecule has 0 aliphatic rings.